The van der Waals surface area contributed by atoms with Crippen molar-refractivity contribution in [3.8, 4) is 5.13 Å². The third-order valence-corrected chi connectivity index (χ3v) is 5.18. The van der Waals surface area contributed by atoms with Crippen molar-refractivity contribution in [3.05, 3.63) is 47.8 Å². The maximum atomic E-state index is 5.59. The fourth-order valence-corrected chi connectivity index (χ4v) is 3.81. The van der Waals surface area contributed by atoms with Gasteiger partial charge in [0.1, 0.15) is 0 Å². The first kappa shape index (κ1) is 18.1. The molecule has 0 saturated carbocycles. The molecule has 0 aliphatic heterocycles. The molecule has 0 fully saturated rings. The molecular formula is C20H27N3OS. The summed E-state index contributed by atoms with van der Waals surface area (Å²) in [6, 6.07) is 10.7. The third-order valence-electron chi connectivity index (χ3n) is 4.16. The van der Waals surface area contributed by atoms with Crippen LogP contribution in [-0.2, 0) is 11.3 Å². The van der Waals surface area contributed by atoms with Crippen LogP contribution in [0.15, 0.2) is 36.5 Å². The summed E-state index contributed by atoms with van der Waals surface area (Å²) in [7, 11) is 0. The van der Waals surface area contributed by atoms with Crippen molar-refractivity contribution < 1.29 is 4.74 Å². The molecule has 3 rings (SSSR count). The molecule has 0 spiro atoms. The molecule has 0 aliphatic carbocycles. The van der Waals surface area contributed by atoms with Gasteiger partial charge in [0.2, 0.25) is 0 Å². The minimum absolute atomic E-state index is 0.839. The Hall–Kier alpha value is -1.69. The second kappa shape index (κ2) is 9.13. The Labute approximate surface area is 153 Å². The van der Waals surface area contributed by atoms with Gasteiger partial charge in [-0.2, -0.15) is 0 Å². The second-order valence-electron chi connectivity index (χ2n) is 6.33. The standard InChI is InChI=1S/C20H27N3OS/c1-3-4-12-24-13-6-10-21-15-17-7-5-11-23(17)20-22-18-9-8-16(2)14-19(18)25-20/h5,7-9,11,14,21H,3-4,6,10,12-13,15H2,1-2H3. The molecule has 2 aromatic heterocycles. The number of fused-ring (bicyclic) bond motifs is 1. The van der Waals surface area contributed by atoms with Crippen molar-refractivity contribution in [2.45, 2.75) is 39.7 Å². The number of benzene rings is 1. The van der Waals surface area contributed by atoms with Gasteiger partial charge in [0, 0.05) is 31.6 Å². The van der Waals surface area contributed by atoms with E-state index >= 15 is 0 Å². The van der Waals surface area contributed by atoms with Crippen molar-refractivity contribution in [3.63, 3.8) is 0 Å². The average molecular weight is 358 g/mol. The van der Waals surface area contributed by atoms with Gasteiger partial charge in [-0.05, 0) is 56.1 Å². The number of nitrogens with zero attached hydrogens (tertiary/aromatic N) is 2. The van der Waals surface area contributed by atoms with Gasteiger partial charge in [-0.15, -0.1) is 0 Å². The quantitative estimate of drug-likeness (QED) is 0.535. The zero-order chi connectivity index (χ0) is 17.5. The normalized spacial score (nSPS) is 11.4. The van der Waals surface area contributed by atoms with E-state index in [1.54, 1.807) is 11.3 Å². The molecular weight excluding hydrogens is 330 g/mol. The minimum atomic E-state index is 0.839. The molecule has 0 amide bonds. The summed E-state index contributed by atoms with van der Waals surface area (Å²) in [6.45, 7) is 7.84. The van der Waals surface area contributed by atoms with E-state index in [9.17, 15) is 0 Å². The van der Waals surface area contributed by atoms with E-state index in [-0.39, 0.29) is 0 Å². The van der Waals surface area contributed by atoms with Gasteiger partial charge in [0.25, 0.3) is 0 Å². The number of hydrogen-bond donors (Lipinski definition) is 1. The van der Waals surface area contributed by atoms with Crippen molar-refractivity contribution in [2.75, 3.05) is 19.8 Å². The Morgan fingerprint density at radius 1 is 1.20 bits per heavy atom. The molecule has 134 valence electrons. The molecule has 0 atom stereocenters. The minimum Gasteiger partial charge on any atom is -0.381 e. The topological polar surface area (TPSA) is 39.1 Å². The molecule has 1 N–H and O–H groups in total. The van der Waals surface area contributed by atoms with E-state index in [2.05, 4.69) is 60.3 Å². The molecule has 1 aromatic carbocycles. The summed E-state index contributed by atoms with van der Waals surface area (Å²) in [5.41, 5.74) is 3.59. The molecule has 0 radical (unpaired) electrons. The molecule has 5 heteroatoms. The fraction of sp³-hybridized carbons (Fsp3) is 0.450. The van der Waals surface area contributed by atoms with Crippen LogP contribution in [0.4, 0.5) is 0 Å². The smallest absolute Gasteiger partial charge is 0.194 e. The number of unbranched alkanes of at least 4 members (excludes halogenated alkanes) is 1. The summed E-state index contributed by atoms with van der Waals surface area (Å²) in [5.74, 6) is 0. The molecule has 0 unspecified atom stereocenters. The first-order valence-electron chi connectivity index (χ1n) is 9.10. The Bertz CT molecular complexity index is 793. The number of ether oxygens (including phenoxy) is 1. The monoisotopic (exact) mass is 357 g/mol. The van der Waals surface area contributed by atoms with Crippen LogP contribution in [-0.4, -0.2) is 29.3 Å². The lowest BCUT2D eigenvalue weighted by atomic mass is 10.2. The van der Waals surface area contributed by atoms with Gasteiger partial charge in [-0.3, -0.25) is 4.57 Å². The van der Waals surface area contributed by atoms with E-state index in [4.69, 9.17) is 9.72 Å². The lowest BCUT2D eigenvalue weighted by molar-refractivity contribution is 0.128. The van der Waals surface area contributed by atoms with E-state index in [1.807, 2.05) is 0 Å². The van der Waals surface area contributed by atoms with E-state index in [1.165, 1.54) is 22.4 Å². The molecule has 0 bridgehead atoms. The predicted octanol–water partition coefficient (Wildman–Crippen LogP) is 4.69. The van der Waals surface area contributed by atoms with Gasteiger partial charge in [-0.1, -0.05) is 30.7 Å². The lowest BCUT2D eigenvalue weighted by Gasteiger charge is -2.08. The first-order chi connectivity index (χ1) is 12.3. The molecule has 2 heterocycles. The van der Waals surface area contributed by atoms with Crippen LogP contribution in [0.25, 0.3) is 15.3 Å². The van der Waals surface area contributed by atoms with Crippen LogP contribution >= 0.6 is 11.3 Å². The molecule has 0 saturated heterocycles. The van der Waals surface area contributed by atoms with Crippen LogP contribution in [0.1, 0.15) is 37.4 Å². The number of aromatic nitrogens is 2. The largest absolute Gasteiger partial charge is 0.381 e. The average Bonchev–Trinajstić information content (AvgIpc) is 3.23. The van der Waals surface area contributed by atoms with Gasteiger partial charge in [0.15, 0.2) is 5.13 Å². The zero-order valence-electron chi connectivity index (χ0n) is 15.1. The highest BCUT2D eigenvalue weighted by atomic mass is 32.1. The van der Waals surface area contributed by atoms with Crippen LogP contribution in [0, 0.1) is 6.92 Å². The number of rotatable bonds is 10. The number of hydrogen-bond acceptors (Lipinski definition) is 4. The molecule has 3 aromatic rings. The van der Waals surface area contributed by atoms with Crippen LogP contribution in [0.5, 0.6) is 0 Å². The highest BCUT2D eigenvalue weighted by Gasteiger charge is 2.09. The van der Waals surface area contributed by atoms with Crippen molar-refractivity contribution >= 4 is 21.6 Å². The Morgan fingerprint density at radius 3 is 2.96 bits per heavy atom. The van der Waals surface area contributed by atoms with E-state index in [0.717, 1.165) is 49.8 Å². The lowest BCUT2D eigenvalue weighted by Crippen LogP contribution is -2.18. The molecule has 0 aliphatic rings. The first-order valence-corrected chi connectivity index (χ1v) is 9.92. The predicted molar refractivity (Wildman–Crippen MR) is 106 cm³/mol. The van der Waals surface area contributed by atoms with Crippen LogP contribution in [0.3, 0.4) is 0 Å². The maximum Gasteiger partial charge on any atom is 0.194 e. The summed E-state index contributed by atoms with van der Waals surface area (Å²) in [4.78, 5) is 4.78. The number of aryl methyl sites for hydroxylation is 1. The van der Waals surface area contributed by atoms with E-state index < -0.39 is 0 Å². The Balaban J connectivity index is 1.53. The van der Waals surface area contributed by atoms with E-state index in [0.29, 0.717) is 0 Å². The third kappa shape index (κ3) is 4.91. The SMILES string of the molecule is CCCCOCCCNCc1cccn1-c1nc2ccc(C)cc2s1. The number of thiazole rings is 1. The summed E-state index contributed by atoms with van der Waals surface area (Å²) >= 11 is 1.74. The van der Waals surface area contributed by atoms with Crippen LogP contribution in [0.2, 0.25) is 0 Å². The Morgan fingerprint density at radius 2 is 2.08 bits per heavy atom. The van der Waals surface area contributed by atoms with Crippen molar-refractivity contribution in [1.29, 1.82) is 0 Å². The summed E-state index contributed by atoms with van der Waals surface area (Å²) in [5, 5.41) is 4.54. The Kier molecular flexibility index (Phi) is 6.62. The molecule has 4 nitrogen and oxygen atoms in total. The summed E-state index contributed by atoms with van der Waals surface area (Å²) < 4.78 is 9.02. The van der Waals surface area contributed by atoms with Crippen LogP contribution < -0.4 is 5.32 Å². The van der Waals surface area contributed by atoms with Gasteiger partial charge < -0.3 is 10.1 Å². The molecule has 25 heavy (non-hydrogen) atoms. The summed E-state index contributed by atoms with van der Waals surface area (Å²) in [6.07, 6.45) is 5.49. The van der Waals surface area contributed by atoms with Gasteiger partial charge >= 0.3 is 0 Å². The van der Waals surface area contributed by atoms with Gasteiger partial charge in [-0.25, -0.2) is 4.98 Å². The highest BCUT2D eigenvalue weighted by Crippen LogP contribution is 2.26. The maximum absolute atomic E-state index is 5.59. The highest BCUT2D eigenvalue weighted by molar-refractivity contribution is 7.20. The van der Waals surface area contributed by atoms with Crippen molar-refractivity contribution in [1.82, 2.24) is 14.9 Å². The fourth-order valence-electron chi connectivity index (χ4n) is 2.73. The number of nitrogens with one attached hydrogen (secondary N) is 1. The van der Waals surface area contributed by atoms with Crippen molar-refractivity contribution in [2.24, 2.45) is 0 Å². The second-order valence-corrected chi connectivity index (χ2v) is 7.34. The zero-order valence-corrected chi connectivity index (χ0v) is 15.9. The van der Waals surface area contributed by atoms with Gasteiger partial charge in [0.05, 0.1) is 10.2 Å².